The molecule has 12 heteroatoms. The Morgan fingerprint density at radius 1 is 1.00 bits per heavy atom. The van der Waals surface area contributed by atoms with Gasteiger partial charge in [0.2, 0.25) is 17.7 Å². The summed E-state index contributed by atoms with van der Waals surface area (Å²) in [5, 5.41) is 3.65. The van der Waals surface area contributed by atoms with E-state index in [-0.39, 0.29) is 28.3 Å². The summed E-state index contributed by atoms with van der Waals surface area (Å²) in [5.41, 5.74) is 0.0887. The highest BCUT2D eigenvalue weighted by Gasteiger charge is 2.59. The van der Waals surface area contributed by atoms with Crippen LogP contribution in [-0.4, -0.2) is 27.5 Å². The van der Waals surface area contributed by atoms with Crippen LogP contribution in [0.4, 0.5) is 11.4 Å². The summed E-state index contributed by atoms with van der Waals surface area (Å²) in [7, 11) is 0. The second-order valence-electron chi connectivity index (χ2n) is 8.99. The fourth-order valence-electron chi connectivity index (χ4n) is 4.53. The molecule has 2 aliphatic rings. The molecule has 1 saturated heterocycles. The maximum absolute atomic E-state index is 13.5. The lowest BCUT2D eigenvalue weighted by Gasteiger charge is -2.36. The monoisotopic (exact) mass is 581 g/mol. The van der Waals surface area contributed by atoms with Gasteiger partial charge in [-0.3, -0.25) is 23.7 Å². The Morgan fingerprint density at radius 2 is 1.69 bits per heavy atom. The molecule has 36 heavy (non-hydrogen) atoms. The molecule has 0 saturated carbocycles. The fraction of sp³-hybridized carbons (Fsp3) is 0.250. The first kappa shape index (κ1) is 25.4. The lowest BCUT2D eigenvalue weighted by Crippen LogP contribution is -2.41. The van der Waals surface area contributed by atoms with Gasteiger partial charge in [-0.2, -0.15) is 0 Å². The van der Waals surface area contributed by atoms with E-state index in [0.29, 0.717) is 31.3 Å². The Kier molecular flexibility index (Phi) is 6.49. The minimum atomic E-state index is -0.797. The summed E-state index contributed by atoms with van der Waals surface area (Å²) < 4.78 is 1.36. The molecule has 5 rings (SSSR count). The third-order valence-corrected chi connectivity index (χ3v) is 10.1. The average molecular weight is 583 g/mol. The number of rotatable bonds is 4. The van der Waals surface area contributed by atoms with Gasteiger partial charge in [-0.15, -0.1) is 0 Å². The van der Waals surface area contributed by atoms with Crippen molar-refractivity contribution in [1.82, 2.24) is 4.57 Å². The first-order valence-corrected chi connectivity index (χ1v) is 13.6. The number of halogens is 3. The summed E-state index contributed by atoms with van der Waals surface area (Å²) in [5.74, 6) is -1.77. The van der Waals surface area contributed by atoms with Gasteiger partial charge >= 0.3 is 4.87 Å². The normalized spacial score (nSPS) is 20.3. The van der Waals surface area contributed by atoms with Gasteiger partial charge in [-0.25, -0.2) is 4.90 Å². The van der Waals surface area contributed by atoms with Crippen LogP contribution in [0.15, 0.2) is 52.3 Å². The van der Waals surface area contributed by atoms with Gasteiger partial charge in [0.1, 0.15) is 11.8 Å². The van der Waals surface area contributed by atoms with Gasteiger partial charge in [-0.1, -0.05) is 71.7 Å². The summed E-state index contributed by atoms with van der Waals surface area (Å²) in [6.07, 6.45) is 0. The molecule has 0 bridgehead atoms. The Labute approximate surface area is 229 Å². The van der Waals surface area contributed by atoms with Gasteiger partial charge in [0.25, 0.3) is 0 Å². The molecule has 3 heterocycles. The van der Waals surface area contributed by atoms with E-state index in [2.05, 4.69) is 5.32 Å². The first-order valence-electron chi connectivity index (χ1n) is 10.8. The number of benzene rings is 2. The third kappa shape index (κ3) is 4.16. The van der Waals surface area contributed by atoms with Crippen LogP contribution < -0.4 is 15.1 Å². The van der Waals surface area contributed by atoms with Crippen molar-refractivity contribution in [3.05, 3.63) is 72.1 Å². The zero-order valence-corrected chi connectivity index (χ0v) is 22.8. The van der Waals surface area contributed by atoms with Gasteiger partial charge in [0.05, 0.1) is 26.7 Å². The van der Waals surface area contributed by atoms with Crippen LogP contribution in [0.5, 0.6) is 0 Å². The predicted molar refractivity (Wildman–Crippen MR) is 144 cm³/mol. The summed E-state index contributed by atoms with van der Waals surface area (Å²) in [4.78, 5) is 54.2. The number of hydrogen-bond acceptors (Lipinski definition) is 6. The number of fused-ring (bicyclic) bond motifs is 2. The quantitative estimate of drug-likeness (QED) is 0.413. The van der Waals surface area contributed by atoms with Crippen molar-refractivity contribution < 1.29 is 14.4 Å². The number of hydrogen-bond donors (Lipinski definition) is 1. The second-order valence-corrected chi connectivity index (χ2v) is 12.3. The number of anilines is 2. The van der Waals surface area contributed by atoms with Gasteiger partial charge < -0.3 is 5.32 Å². The van der Waals surface area contributed by atoms with E-state index in [9.17, 15) is 19.2 Å². The van der Waals surface area contributed by atoms with E-state index in [0.717, 1.165) is 23.1 Å². The van der Waals surface area contributed by atoms with E-state index in [1.165, 1.54) is 15.5 Å². The minimum Gasteiger partial charge on any atom is -0.324 e. The third-order valence-electron chi connectivity index (χ3n) is 6.29. The molecule has 1 aromatic heterocycles. The molecule has 0 spiro atoms. The summed E-state index contributed by atoms with van der Waals surface area (Å²) in [6.45, 7) is 3.46. The molecule has 1 N–H and O–H groups in total. The zero-order chi connectivity index (χ0) is 25.9. The van der Waals surface area contributed by atoms with Crippen LogP contribution >= 0.6 is 57.9 Å². The van der Waals surface area contributed by atoms with Crippen LogP contribution in [0, 0.1) is 5.92 Å². The largest absolute Gasteiger partial charge is 0.324 e. The van der Waals surface area contributed by atoms with Crippen molar-refractivity contribution in [2.45, 2.75) is 36.1 Å². The Bertz CT molecular complexity index is 1480. The Hall–Kier alpha value is -2.30. The van der Waals surface area contributed by atoms with E-state index in [1.54, 1.807) is 36.4 Å². The van der Waals surface area contributed by atoms with Crippen LogP contribution in [0.3, 0.4) is 0 Å². The van der Waals surface area contributed by atoms with Crippen molar-refractivity contribution in [2.24, 2.45) is 5.92 Å². The molecule has 3 amide bonds. The molecule has 2 aliphatic heterocycles. The van der Waals surface area contributed by atoms with Crippen molar-refractivity contribution in [1.29, 1.82) is 0 Å². The lowest BCUT2D eigenvalue weighted by molar-refractivity contribution is -0.123. The maximum atomic E-state index is 13.5. The van der Waals surface area contributed by atoms with Gasteiger partial charge in [0, 0.05) is 21.0 Å². The standard InChI is InChI=1S/C24H18Cl3N3O4S2/c1-24(2)17-18(21(33)30(20(17)32)13-6-3-11(25)4-7-13)35-22-19(24)36-23(34)29(22)10-16(31)28-12-5-8-14(26)15(27)9-12/h3-9,17-18H,10H2,1-2H3,(H,28,31). The highest BCUT2D eigenvalue weighted by molar-refractivity contribution is 8.00. The Balaban J connectivity index is 1.46. The van der Waals surface area contributed by atoms with Crippen molar-refractivity contribution in [3.8, 4) is 0 Å². The smallest absolute Gasteiger partial charge is 0.308 e. The number of aromatic nitrogens is 1. The van der Waals surface area contributed by atoms with Crippen molar-refractivity contribution >= 4 is 87.0 Å². The summed E-state index contributed by atoms with van der Waals surface area (Å²) >= 11 is 20.1. The fourth-order valence-corrected chi connectivity index (χ4v) is 7.99. The summed E-state index contributed by atoms with van der Waals surface area (Å²) in [6, 6.07) is 11.2. The zero-order valence-electron chi connectivity index (χ0n) is 18.9. The molecule has 7 nitrogen and oxygen atoms in total. The molecular formula is C24H18Cl3N3O4S2. The predicted octanol–water partition coefficient (Wildman–Crippen LogP) is 5.45. The maximum Gasteiger partial charge on any atom is 0.308 e. The second kappa shape index (κ2) is 9.22. The first-order chi connectivity index (χ1) is 17.0. The molecular weight excluding hydrogens is 565 g/mol. The molecule has 1 fully saturated rings. The minimum absolute atomic E-state index is 0.256. The van der Waals surface area contributed by atoms with E-state index >= 15 is 0 Å². The SMILES string of the molecule is CC1(C)c2sc(=O)n(CC(=O)Nc3ccc(Cl)c(Cl)c3)c2SC2C(=O)N(c3ccc(Cl)cc3)C(=O)C21. The number of nitrogens with zero attached hydrogens (tertiary/aromatic N) is 2. The number of imide groups is 1. The lowest BCUT2D eigenvalue weighted by atomic mass is 9.76. The van der Waals surface area contributed by atoms with Crippen molar-refractivity contribution in [2.75, 3.05) is 10.2 Å². The number of carbonyl (C=O) groups is 3. The molecule has 186 valence electrons. The van der Waals surface area contributed by atoms with Crippen LogP contribution in [-0.2, 0) is 26.3 Å². The molecule has 0 aliphatic carbocycles. The topological polar surface area (TPSA) is 88.5 Å². The van der Waals surface area contributed by atoms with Crippen LogP contribution in [0.2, 0.25) is 15.1 Å². The average Bonchev–Trinajstić information content (AvgIpc) is 3.26. The van der Waals surface area contributed by atoms with Gasteiger partial charge in [-0.05, 0) is 42.5 Å². The van der Waals surface area contributed by atoms with Gasteiger partial charge in [0.15, 0.2) is 0 Å². The highest BCUT2D eigenvalue weighted by Crippen LogP contribution is 2.54. The molecule has 3 aromatic rings. The number of thioether (sulfide) groups is 1. The number of nitrogens with one attached hydrogen (secondary N) is 1. The van der Waals surface area contributed by atoms with E-state index < -0.39 is 22.5 Å². The number of amides is 3. The van der Waals surface area contributed by atoms with Crippen LogP contribution in [0.1, 0.15) is 18.7 Å². The van der Waals surface area contributed by atoms with E-state index in [1.807, 2.05) is 13.8 Å². The molecule has 2 atom stereocenters. The molecule has 2 aromatic carbocycles. The van der Waals surface area contributed by atoms with Crippen molar-refractivity contribution in [3.63, 3.8) is 0 Å². The number of carbonyl (C=O) groups excluding carboxylic acids is 3. The molecule has 2 unspecified atom stereocenters. The van der Waals surface area contributed by atoms with Crippen LogP contribution in [0.25, 0.3) is 0 Å². The molecule has 0 radical (unpaired) electrons. The number of thiazole rings is 1. The Morgan fingerprint density at radius 3 is 2.36 bits per heavy atom. The van der Waals surface area contributed by atoms with E-state index in [4.69, 9.17) is 34.8 Å². The highest BCUT2D eigenvalue weighted by atomic mass is 35.5.